The highest BCUT2D eigenvalue weighted by atomic mass is 16.7. The van der Waals surface area contributed by atoms with Crippen molar-refractivity contribution in [3.63, 3.8) is 0 Å². The lowest BCUT2D eigenvalue weighted by molar-refractivity contribution is 0.0438. The van der Waals surface area contributed by atoms with Crippen molar-refractivity contribution in [2.24, 2.45) is 0 Å². The third-order valence-corrected chi connectivity index (χ3v) is 4.23. The number of ether oxygens (including phenoxy) is 3. The minimum absolute atomic E-state index is 0.00480. The summed E-state index contributed by atoms with van der Waals surface area (Å²) in [5, 5.41) is 10.4. The minimum Gasteiger partial charge on any atom is -0.467 e. The van der Waals surface area contributed by atoms with Crippen molar-refractivity contribution < 1.29 is 19.0 Å². The number of nitrogens with zero attached hydrogens (tertiary/aromatic N) is 2. The lowest BCUT2D eigenvalue weighted by atomic mass is 10.1. The van der Waals surface area contributed by atoms with Crippen molar-refractivity contribution in [2.45, 2.75) is 13.8 Å². The molecule has 0 spiro atoms. The summed E-state index contributed by atoms with van der Waals surface area (Å²) in [7, 11) is 1.51. The predicted molar refractivity (Wildman–Crippen MR) is 101 cm³/mol. The molecular weight excluding hydrogens is 344 g/mol. The lowest BCUT2D eigenvalue weighted by Gasteiger charge is -2.13. The fraction of sp³-hybridized carbons (Fsp3) is 0.238. The molecule has 3 rings (SSSR count). The van der Waals surface area contributed by atoms with Crippen LogP contribution < -0.4 is 4.74 Å². The Hall–Kier alpha value is -3.30. The predicted octanol–water partition coefficient (Wildman–Crippen LogP) is 3.97. The molecular formula is C21H20N2O4. The molecule has 0 fully saturated rings. The fourth-order valence-corrected chi connectivity index (χ4v) is 3.05. The number of carbonyl (C=O) groups excluding carboxylic acids is 1. The van der Waals surface area contributed by atoms with E-state index in [-0.39, 0.29) is 13.4 Å². The van der Waals surface area contributed by atoms with Gasteiger partial charge in [0.15, 0.2) is 6.79 Å². The quantitative estimate of drug-likeness (QED) is 0.489. The molecule has 1 heterocycles. The number of aryl methyl sites for hydroxylation is 1. The van der Waals surface area contributed by atoms with Crippen molar-refractivity contribution >= 4 is 16.9 Å². The molecule has 0 radical (unpaired) electrons. The highest BCUT2D eigenvalue weighted by Crippen LogP contribution is 2.30. The number of benzene rings is 2. The third kappa shape index (κ3) is 3.50. The first kappa shape index (κ1) is 18.5. The number of aromatic nitrogens is 1. The van der Waals surface area contributed by atoms with Crippen LogP contribution in [0.4, 0.5) is 0 Å². The Labute approximate surface area is 157 Å². The first-order chi connectivity index (χ1) is 13.1. The second kappa shape index (κ2) is 7.94. The summed E-state index contributed by atoms with van der Waals surface area (Å²) in [5.41, 5.74) is 3.63. The second-order valence-corrected chi connectivity index (χ2v) is 5.95. The Balaban J connectivity index is 2.15. The zero-order valence-corrected chi connectivity index (χ0v) is 15.5. The Morgan fingerprint density at radius 1 is 1.26 bits per heavy atom. The first-order valence-electron chi connectivity index (χ1n) is 8.54. The van der Waals surface area contributed by atoms with Crippen molar-refractivity contribution in [2.75, 3.05) is 20.5 Å². The van der Waals surface area contributed by atoms with E-state index in [2.05, 4.69) is 6.07 Å². The summed E-state index contributed by atoms with van der Waals surface area (Å²) >= 11 is 0. The molecule has 1 aromatic heterocycles. The maximum absolute atomic E-state index is 12.2. The molecule has 3 aromatic rings. The second-order valence-electron chi connectivity index (χ2n) is 5.95. The molecule has 0 saturated carbocycles. The van der Waals surface area contributed by atoms with Crippen LogP contribution in [0.2, 0.25) is 0 Å². The van der Waals surface area contributed by atoms with Crippen LogP contribution in [0, 0.1) is 18.3 Å². The van der Waals surface area contributed by atoms with Gasteiger partial charge in [-0.05, 0) is 37.6 Å². The average molecular weight is 364 g/mol. The van der Waals surface area contributed by atoms with E-state index >= 15 is 0 Å². The molecule has 138 valence electrons. The molecule has 0 atom stereocenters. The summed E-state index contributed by atoms with van der Waals surface area (Å²) in [6.45, 7) is 4.01. The molecule has 6 nitrogen and oxygen atoms in total. The maximum atomic E-state index is 12.2. The number of nitriles is 1. The van der Waals surface area contributed by atoms with Crippen molar-refractivity contribution in [3.8, 4) is 17.5 Å². The summed E-state index contributed by atoms with van der Waals surface area (Å²) < 4.78 is 17.6. The van der Waals surface area contributed by atoms with E-state index in [4.69, 9.17) is 14.2 Å². The molecule has 0 aliphatic heterocycles. The largest absolute Gasteiger partial charge is 0.467 e. The molecule has 0 saturated heterocycles. The number of esters is 1. The van der Waals surface area contributed by atoms with Crippen molar-refractivity contribution in [1.29, 1.82) is 5.26 Å². The highest BCUT2D eigenvalue weighted by Gasteiger charge is 2.17. The smallest absolute Gasteiger partial charge is 0.341 e. The summed E-state index contributed by atoms with van der Waals surface area (Å²) in [6, 6.07) is 13.3. The van der Waals surface area contributed by atoms with Gasteiger partial charge in [-0.15, -0.1) is 0 Å². The molecule has 6 heteroatoms. The molecule has 0 amide bonds. The molecule has 2 aromatic carbocycles. The van der Waals surface area contributed by atoms with E-state index in [1.807, 2.05) is 29.7 Å². The van der Waals surface area contributed by atoms with Gasteiger partial charge in [0.25, 0.3) is 0 Å². The number of carbonyl (C=O) groups is 1. The Morgan fingerprint density at radius 2 is 2.07 bits per heavy atom. The average Bonchev–Trinajstić information content (AvgIpc) is 3.06. The van der Waals surface area contributed by atoms with Gasteiger partial charge in [-0.1, -0.05) is 12.1 Å². The normalized spacial score (nSPS) is 10.6. The van der Waals surface area contributed by atoms with Crippen LogP contribution >= 0.6 is 0 Å². The van der Waals surface area contributed by atoms with Crippen molar-refractivity contribution in [3.05, 3.63) is 59.3 Å². The highest BCUT2D eigenvalue weighted by molar-refractivity contribution is 5.94. The standard InChI is InChI=1S/C21H20N2O4/c1-4-26-21(24)17-9-8-16(10-19(17)27-13-25-3)23-12-15(11-22)20-14(2)6-5-7-18(20)23/h5-10,12H,4,13H2,1-3H3. The minimum atomic E-state index is -0.457. The topological polar surface area (TPSA) is 73.5 Å². The van der Waals surface area contributed by atoms with Gasteiger partial charge < -0.3 is 18.8 Å². The molecule has 0 aliphatic rings. The van der Waals surface area contributed by atoms with E-state index in [9.17, 15) is 10.1 Å². The number of methoxy groups -OCH3 is 1. The molecule has 0 unspecified atom stereocenters. The van der Waals surface area contributed by atoms with Gasteiger partial charge in [0, 0.05) is 30.4 Å². The third-order valence-electron chi connectivity index (χ3n) is 4.23. The molecule has 0 bridgehead atoms. The van der Waals surface area contributed by atoms with Gasteiger partial charge in [0.05, 0.1) is 17.7 Å². The summed E-state index contributed by atoms with van der Waals surface area (Å²) in [5.74, 6) is -0.0955. The lowest BCUT2D eigenvalue weighted by Crippen LogP contribution is -2.10. The van der Waals surface area contributed by atoms with Crippen LogP contribution in [0.15, 0.2) is 42.6 Å². The summed E-state index contributed by atoms with van der Waals surface area (Å²) in [4.78, 5) is 12.2. The van der Waals surface area contributed by atoms with E-state index < -0.39 is 5.97 Å². The Kier molecular flexibility index (Phi) is 5.43. The van der Waals surface area contributed by atoms with E-state index in [0.717, 1.165) is 22.2 Å². The van der Waals surface area contributed by atoms with Gasteiger partial charge in [0.2, 0.25) is 0 Å². The Bertz CT molecular complexity index is 1030. The number of hydrogen-bond donors (Lipinski definition) is 0. The van der Waals surface area contributed by atoms with Crippen molar-refractivity contribution in [1.82, 2.24) is 4.57 Å². The van der Waals surface area contributed by atoms with Crippen LogP contribution in [0.3, 0.4) is 0 Å². The van der Waals surface area contributed by atoms with Gasteiger partial charge in [-0.2, -0.15) is 5.26 Å². The molecule has 27 heavy (non-hydrogen) atoms. The van der Waals surface area contributed by atoms with Gasteiger partial charge >= 0.3 is 5.97 Å². The fourth-order valence-electron chi connectivity index (χ4n) is 3.05. The van der Waals surface area contributed by atoms with Crippen LogP contribution in [0.25, 0.3) is 16.6 Å². The van der Waals surface area contributed by atoms with Gasteiger partial charge in [0.1, 0.15) is 17.4 Å². The summed E-state index contributed by atoms with van der Waals surface area (Å²) in [6.07, 6.45) is 1.79. The van der Waals surface area contributed by atoms with E-state index in [1.54, 1.807) is 31.3 Å². The van der Waals surface area contributed by atoms with Gasteiger partial charge in [-0.3, -0.25) is 0 Å². The van der Waals surface area contributed by atoms with Crippen LogP contribution in [-0.2, 0) is 9.47 Å². The van der Waals surface area contributed by atoms with E-state index in [0.29, 0.717) is 16.9 Å². The zero-order valence-electron chi connectivity index (χ0n) is 15.5. The van der Waals surface area contributed by atoms with Crippen LogP contribution in [-0.4, -0.2) is 31.0 Å². The number of hydrogen-bond acceptors (Lipinski definition) is 5. The monoisotopic (exact) mass is 364 g/mol. The zero-order chi connectivity index (χ0) is 19.4. The SMILES string of the molecule is CCOC(=O)c1ccc(-n2cc(C#N)c3c(C)cccc32)cc1OCOC. The maximum Gasteiger partial charge on any atom is 0.341 e. The van der Waals surface area contributed by atoms with Crippen LogP contribution in [0.1, 0.15) is 28.4 Å². The number of rotatable bonds is 6. The Morgan fingerprint density at radius 3 is 2.78 bits per heavy atom. The first-order valence-corrected chi connectivity index (χ1v) is 8.54. The van der Waals surface area contributed by atoms with Gasteiger partial charge in [-0.25, -0.2) is 4.79 Å². The number of fused-ring (bicyclic) bond motifs is 1. The van der Waals surface area contributed by atoms with Crippen LogP contribution in [0.5, 0.6) is 5.75 Å². The molecule has 0 N–H and O–H groups in total. The van der Waals surface area contributed by atoms with E-state index in [1.165, 1.54) is 7.11 Å². The molecule has 0 aliphatic carbocycles.